The molecule has 0 bridgehead atoms. The van der Waals surface area contributed by atoms with Crippen LogP contribution in [0.5, 0.6) is 0 Å². The Labute approximate surface area is 376 Å². The van der Waals surface area contributed by atoms with Crippen molar-refractivity contribution in [2.45, 2.75) is 63.8 Å². The zero-order valence-electron chi connectivity index (χ0n) is 36.0. The first-order valence-electron chi connectivity index (χ1n) is 20.5. The van der Waals surface area contributed by atoms with Crippen molar-refractivity contribution >= 4 is 52.5 Å². The number of hydrogen-bond acceptors (Lipinski definition) is 15. The smallest absolute Gasteiger partial charge is 0.419 e. The average Bonchev–Trinajstić information content (AvgIpc) is 4.08. The molecular weight excluding hydrogens is 899 g/mol. The summed E-state index contributed by atoms with van der Waals surface area (Å²) in [7, 11) is 0. The van der Waals surface area contributed by atoms with Crippen LogP contribution >= 0.6 is 0 Å². The van der Waals surface area contributed by atoms with Gasteiger partial charge in [0.05, 0.1) is 53.7 Å². The number of likely N-dealkylation sites (tertiary alicyclic amines) is 1. The molecule has 7 N–H and O–H groups in total. The van der Waals surface area contributed by atoms with Gasteiger partial charge in [-0.15, -0.1) is 0 Å². The van der Waals surface area contributed by atoms with E-state index in [0.29, 0.717) is 37.3 Å². The van der Waals surface area contributed by atoms with Gasteiger partial charge in [0.25, 0.3) is 11.8 Å². The van der Waals surface area contributed by atoms with E-state index in [1.54, 1.807) is 32.9 Å². The summed E-state index contributed by atoms with van der Waals surface area (Å²) in [4.78, 5) is 53.8. The molecule has 0 aromatic carbocycles. The zero-order valence-corrected chi connectivity index (χ0v) is 36.0. The largest absolute Gasteiger partial charge is 0.444 e. The molecule has 0 unspecified atom stereocenters. The topological polar surface area (TPSA) is 256 Å². The van der Waals surface area contributed by atoms with E-state index in [1.807, 2.05) is 0 Å². The lowest BCUT2D eigenvalue weighted by molar-refractivity contribution is -0.137. The predicted octanol–water partition coefficient (Wildman–Crippen LogP) is 5.07. The van der Waals surface area contributed by atoms with Crippen LogP contribution < -0.4 is 27.4 Å². The van der Waals surface area contributed by atoms with Crippen molar-refractivity contribution in [3.8, 4) is 22.5 Å². The number of nitrogens with two attached hydrogens (primary N) is 2. The monoisotopic (exact) mass is 942 g/mol. The number of rotatable bonds is 10. The van der Waals surface area contributed by atoms with E-state index in [-0.39, 0.29) is 65.5 Å². The number of nitrogen functional groups attached to an aromatic ring is 2. The first-order chi connectivity index (χ1) is 31.6. The Morgan fingerprint density at radius 3 is 1.69 bits per heavy atom. The highest BCUT2D eigenvalue weighted by molar-refractivity contribution is 5.91. The summed E-state index contributed by atoms with van der Waals surface area (Å²) in [6.07, 6.45) is -3.28. The molecule has 356 valence electrons. The number of fused-ring (bicyclic) bond motifs is 2. The van der Waals surface area contributed by atoms with Crippen molar-refractivity contribution in [1.82, 2.24) is 49.4 Å². The number of carbonyl (C=O) groups is 3. The average molecular weight is 943 g/mol. The lowest BCUT2D eigenvalue weighted by atomic mass is 10.1. The molecule has 2 saturated heterocycles. The maximum Gasteiger partial charge on any atom is 0.419 e. The lowest BCUT2D eigenvalue weighted by Gasteiger charge is -2.24. The van der Waals surface area contributed by atoms with Crippen molar-refractivity contribution < 1.29 is 54.9 Å². The minimum Gasteiger partial charge on any atom is -0.444 e. The third-order valence-electron chi connectivity index (χ3n) is 9.93. The van der Waals surface area contributed by atoms with Gasteiger partial charge in [0.15, 0.2) is 22.9 Å². The predicted molar refractivity (Wildman–Crippen MR) is 228 cm³/mol. The minimum absolute atomic E-state index is 0.0103. The Morgan fingerprint density at radius 2 is 1.24 bits per heavy atom. The number of ether oxygens (including phenoxy) is 3. The second kappa shape index (κ2) is 19.3. The Hall–Kier alpha value is -7.19. The van der Waals surface area contributed by atoms with Gasteiger partial charge in [-0.05, 0) is 76.6 Å². The summed E-state index contributed by atoms with van der Waals surface area (Å²) in [5.74, 6) is -1.60. The molecular formula is C41H44F6N14O6. The van der Waals surface area contributed by atoms with E-state index >= 15 is 0 Å². The first-order valence-corrected chi connectivity index (χ1v) is 20.5. The highest BCUT2D eigenvalue weighted by atomic mass is 19.4. The van der Waals surface area contributed by atoms with Gasteiger partial charge in [0, 0.05) is 36.6 Å². The number of imidazole rings is 2. The van der Waals surface area contributed by atoms with Crippen LogP contribution in [0.1, 0.15) is 44.7 Å². The molecule has 3 amide bonds. The summed E-state index contributed by atoms with van der Waals surface area (Å²) >= 11 is 0. The van der Waals surface area contributed by atoms with E-state index in [2.05, 4.69) is 46.1 Å². The van der Waals surface area contributed by atoms with Gasteiger partial charge in [0.1, 0.15) is 30.5 Å². The number of amides is 3. The number of nitrogens with zero attached hydrogens (tertiary/aromatic N) is 9. The van der Waals surface area contributed by atoms with Crippen LogP contribution in [0.15, 0.2) is 61.2 Å². The van der Waals surface area contributed by atoms with Gasteiger partial charge in [-0.1, -0.05) is 0 Å². The van der Waals surface area contributed by atoms with Crippen molar-refractivity contribution in [2.24, 2.45) is 0 Å². The zero-order chi connectivity index (χ0) is 48.3. The van der Waals surface area contributed by atoms with Crippen molar-refractivity contribution in [3.63, 3.8) is 0 Å². The number of carbonyl (C=O) groups excluding carboxylic acids is 3. The van der Waals surface area contributed by atoms with Crippen LogP contribution in [0.4, 0.5) is 54.4 Å². The van der Waals surface area contributed by atoms with Gasteiger partial charge in [-0.3, -0.25) is 9.59 Å². The Bertz CT molecular complexity index is 2770. The number of halogens is 6. The number of anilines is 4. The molecule has 0 saturated carbocycles. The fourth-order valence-electron chi connectivity index (χ4n) is 6.75. The summed E-state index contributed by atoms with van der Waals surface area (Å²) in [6.45, 7) is 7.36. The van der Waals surface area contributed by atoms with Crippen LogP contribution in [0.25, 0.3) is 33.8 Å². The molecule has 26 heteroatoms. The maximum absolute atomic E-state index is 13.2. The SMILES string of the molecule is CC(C)(C)OC(=O)N1CC[C@@H](OCC(=O)Nc2cn3nc(-c4cnc(N)c(C(F)(F)F)c4)ccc3n2)C1.Nc1ncc(-c2ccc3nc(NC(=O)CO[C@@H]4CCNC4)cn3n2)cc1C(F)(F)F. The number of nitrogens with one attached hydrogen (secondary N) is 3. The normalized spacial score (nSPS) is 16.5. The molecule has 2 aliphatic heterocycles. The van der Waals surface area contributed by atoms with Gasteiger partial charge in [-0.25, -0.2) is 33.8 Å². The molecule has 67 heavy (non-hydrogen) atoms. The second-order valence-electron chi connectivity index (χ2n) is 16.3. The summed E-state index contributed by atoms with van der Waals surface area (Å²) in [5.41, 5.74) is 9.51. The quantitative estimate of drug-likeness (QED) is 0.112. The number of pyridine rings is 2. The molecule has 2 atom stereocenters. The fraction of sp³-hybridized carbons (Fsp3) is 0.390. The number of alkyl halides is 6. The van der Waals surface area contributed by atoms with Crippen molar-refractivity contribution in [2.75, 3.05) is 61.5 Å². The Kier molecular flexibility index (Phi) is 13.8. The van der Waals surface area contributed by atoms with Crippen LogP contribution in [0, 0.1) is 0 Å². The maximum atomic E-state index is 13.2. The van der Waals surface area contributed by atoms with Crippen LogP contribution in [0.2, 0.25) is 0 Å². The summed E-state index contributed by atoms with van der Waals surface area (Å²) in [6, 6.07) is 7.88. The van der Waals surface area contributed by atoms with E-state index in [9.17, 15) is 40.7 Å². The van der Waals surface area contributed by atoms with Crippen LogP contribution in [-0.4, -0.2) is 119 Å². The van der Waals surface area contributed by atoms with E-state index in [0.717, 1.165) is 25.1 Å². The minimum atomic E-state index is -4.65. The molecule has 0 radical (unpaired) electrons. The van der Waals surface area contributed by atoms with Crippen molar-refractivity contribution in [3.05, 3.63) is 72.3 Å². The van der Waals surface area contributed by atoms with Gasteiger partial charge in [0.2, 0.25) is 0 Å². The van der Waals surface area contributed by atoms with Crippen LogP contribution in [0.3, 0.4) is 0 Å². The molecule has 0 aliphatic carbocycles. The highest BCUT2D eigenvalue weighted by Crippen LogP contribution is 2.36. The highest BCUT2D eigenvalue weighted by Gasteiger charge is 2.36. The van der Waals surface area contributed by atoms with Crippen LogP contribution in [-0.2, 0) is 36.2 Å². The standard InChI is InChI=1S/C23H26F3N7O4.C18H18F3N7O2/c1-22(2,3)37-21(35)32-7-6-14(10-32)36-12-19(34)30-17-11-33-18(29-17)5-4-16(31-33)13-8-15(23(24,25)26)20(27)28-9-13;19-18(20,21)12-5-10(6-24-17(12)22)13-1-2-15-25-14(8-28(15)27-13)26-16(29)9-30-11-3-4-23-7-11/h4-5,8-9,11,14H,6-7,10,12H2,1-3H3,(H2,27,28)(H,30,34);1-2,5-6,8,11,23H,3-4,7,9H2,(H2,22,24)(H,26,29)/t14-;11-/m11/s1. The molecule has 2 aliphatic rings. The van der Waals surface area contributed by atoms with E-state index < -0.39 is 52.7 Å². The number of aromatic nitrogens is 8. The Balaban J connectivity index is 0.000000203. The molecule has 8 rings (SSSR count). The molecule has 6 aromatic heterocycles. The molecule has 8 heterocycles. The third-order valence-corrected chi connectivity index (χ3v) is 9.93. The lowest BCUT2D eigenvalue weighted by Crippen LogP contribution is -2.36. The molecule has 2 fully saturated rings. The fourth-order valence-corrected chi connectivity index (χ4v) is 6.75. The second-order valence-corrected chi connectivity index (χ2v) is 16.3. The Morgan fingerprint density at radius 1 is 0.746 bits per heavy atom. The van der Waals surface area contributed by atoms with Gasteiger partial charge < -0.3 is 46.5 Å². The van der Waals surface area contributed by atoms with Crippen molar-refractivity contribution in [1.29, 1.82) is 0 Å². The summed E-state index contributed by atoms with van der Waals surface area (Å²) < 4.78 is 97.9. The first kappa shape index (κ1) is 47.8. The third kappa shape index (κ3) is 12.4. The number of hydrogen-bond donors (Lipinski definition) is 5. The van der Waals surface area contributed by atoms with Gasteiger partial charge in [-0.2, -0.15) is 36.5 Å². The molecule has 6 aromatic rings. The van der Waals surface area contributed by atoms with E-state index in [4.69, 9.17) is 25.7 Å². The van der Waals surface area contributed by atoms with E-state index in [1.165, 1.54) is 50.9 Å². The molecule has 0 spiro atoms. The summed E-state index contributed by atoms with van der Waals surface area (Å²) in [5, 5.41) is 16.9. The molecule has 20 nitrogen and oxygen atoms in total. The van der Waals surface area contributed by atoms with Gasteiger partial charge >= 0.3 is 18.4 Å².